The maximum atomic E-state index is 12.6. The van der Waals surface area contributed by atoms with Crippen LogP contribution in [0, 0.1) is 0 Å². The van der Waals surface area contributed by atoms with Crippen molar-refractivity contribution in [1.82, 2.24) is 10.6 Å². The zero-order valence-electron chi connectivity index (χ0n) is 12.4. The summed E-state index contributed by atoms with van der Waals surface area (Å²) in [6.07, 6.45) is -5.95. The van der Waals surface area contributed by atoms with Crippen molar-refractivity contribution in [2.24, 2.45) is 0 Å². The number of imide groups is 1. The van der Waals surface area contributed by atoms with Crippen molar-refractivity contribution >= 4 is 17.9 Å². The van der Waals surface area contributed by atoms with Gasteiger partial charge in [0.05, 0.1) is 11.1 Å². The highest BCUT2D eigenvalue weighted by Gasteiger charge is 2.31. The molecule has 3 amide bonds. The molecule has 1 aromatic rings. The summed E-state index contributed by atoms with van der Waals surface area (Å²) in [7, 11) is 0. The molecule has 0 spiro atoms. The van der Waals surface area contributed by atoms with E-state index >= 15 is 0 Å². The van der Waals surface area contributed by atoms with Crippen molar-refractivity contribution in [1.29, 1.82) is 0 Å². The van der Waals surface area contributed by atoms with Crippen LogP contribution >= 0.6 is 0 Å². The largest absolute Gasteiger partial charge is 0.449 e. The molecule has 0 fully saturated rings. The Bertz CT molecular complexity index is 602. The average Bonchev–Trinajstić information content (AvgIpc) is 2.46. The van der Waals surface area contributed by atoms with Crippen LogP contribution in [0.1, 0.15) is 29.8 Å². The van der Waals surface area contributed by atoms with Gasteiger partial charge in [-0.15, -0.1) is 0 Å². The summed E-state index contributed by atoms with van der Waals surface area (Å²) >= 11 is 0. The van der Waals surface area contributed by atoms with Crippen LogP contribution in [-0.4, -0.2) is 30.6 Å². The van der Waals surface area contributed by atoms with Crippen LogP contribution in [0.5, 0.6) is 0 Å². The first-order valence-corrected chi connectivity index (χ1v) is 6.62. The van der Waals surface area contributed by atoms with E-state index in [1.54, 1.807) is 6.92 Å². The second kappa shape index (κ2) is 7.61. The van der Waals surface area contributed by atoms with Gasteiger partial charge in [0.15, 0.2) is 6.10 Å². The van der Waals surface area contributed by atoms with E-state index in [0.29, 0.717) is 6.07 Å². The smallest absolute Gasteiger partial charge is 0.416 e. The number of carbonyl (C=O) groups is 3. The monoisotopic (exact) mass is 332 g/mol. The number of amides is 3. The highest BCUT2D eigenvalue weighted by atomic mass is 19.4. The molecule has 1 aromatic carbocycles. The van der Waals surface area contributed by atoms with E-state index in [0.717, 1.165) is 18.2 Å². The minimum Gasteiger partial charge on any atom is -0.449 e. The molecule has 0 saturated heterocycles. The third kappa shape index (κ3) is 5.61. The zero-order chi connectivity index (χ0) is 17.6. The number of alkyl halides is 3. The topological polar surface area (TPSA) is 84.5 Å². The van der Waals surface area contributed by atoms with Crippen molar-refractivity contribution in [3.63, 3.8) is 0 Å². The van der Waals surface area contributed by atoms with Gasteiger partial charge in [-0.05, 0) is 32.0 Å². The number of ether oxygens (including phenoxy) is 1. The molecule has 0 aliphatic rings. The molecular formula is C14H15F3N2O4. The molecule has 0 bridgehead atoms. The summed E-state index contributed by atoms with van der Waals surface area (Å²) in [5, 5.41) is 4.23. The first-order chi connectivity index (χ1) is 10.6. The van der Waals surface area contributed by atoms with Crippen molar-refractivity contribution in [3.8, 4) is 0 Å². The number of rotatable bonds is 4. The number of esters is 1. The molecule has 2 N–H and O–H groups in total. The Morgan fingerprint density at radius 3 is 2.48 bits per heavy atom. The van der Waals surface area contributed by atoms with E-state index in [1.807, 2.05) is 5.32 Å². The first-order valence-electron chi connectivity index (χ1n) is 6.62. The molecular weight excluding hydrogens is 317 g/mol. The summed E-state index contributed by atoms with van der Waals surface area (Å²) in [5.74, 6) is -1.99. The number of benzene rings is 1. The Morgan fingerprint density at radius 1 is 1.26 bits per heavy atom. The Hall–Kier alpha value is -2.58. The summed E-state index contributed by atoms with van der Waals surface area (Å²) in [5.41, 5.74) is -1.36. The molecule has 0 aliphatic carbocycles. The maximum Gasteiger partial charge on any atom is 0.416 e. The maximum absolute atomic E-state index is 12.6. The number of halogens is 3. The zero-order valence-corrected chi connectivity index (χ0v) is 12.4. The average molecular weight is 332 g/mol. The van der Waals surface area contributed by atoms with Gasteiger partial charge in [0.1, 0.15) is 0 Å². The van der Waals surface area contributed by atoms with Crippen LogP contribution in [0.3, 0.4) is 0 Å². The standard InChI is InChI=1S/C14H15F3N2O4/c1-3-18-13(22)19-11(20)8(2)23-12(21)9-5-4-6-10(7-9)14(15,16)17/h4-8H,3H2,1-2H3,(H2,18,19,20,22)/t8-/m0/s1. The number of hydrogen-bond donors (Lipinski definition) is 2. The summed E-state index contributed by atoms with van der Waals surface area (Å²) in [4.78, 5) is 34.5. The fourth-order valence-electron chi connectivity index (χ4n) is 1.52. The Balaban J connectivity index is 2.72. The molecule has 1 atom stereocenters. The number of urea groups is 1. The predicted octanol–water partition coefficient (Wildman–Crippen LogP) is 2.10. The lowest BCUT2D eigenvalue weighted by Gasteiger charge is -2.14. The van der Waals surface area contributed by atoms with E-state index in [2.05, 4.69) is 5.32 Å². The Kier molecular flexibility index (Phi) is 6.11. The highest BCUT2D eigenvalue weighted by Crippen LogP contribution is 2.29. The number of carbonyl (C=O) groups excluding carboxylic acids is 3. The molecule has 0 heterocycles. The van der Waals surface area contributed by atoms with Gasteiger partial charge in [-0.1, -0.05) is 6.07 Å². The normalized spacial score (nSPS) is 12.2. The van der Waals surface area contributed by atoms with Crippen LogP contribution in [0.2, 0.25) is 0 Å². The third-order valence-corrected chi connectivity index (χ3v) is 2.65. The van der Waals surface area contributed by atoms with Gasteiger partial charge < -0.3 is 10.1 Å². The van der Waals surface area contributed by atoms with Crippen LogP contribution in [0.15, 0.2) is 24.3 Å². The van der Waals surface area contributed by atoms with Gasteiger partial charge in [-0.3, -0.25) is 10.1 Å². The minimum absolute atomic E-state index is 0.289. The fraction of sp³-hybridized carbons (Fsp3) is 0.357. The van der Waals surface area contributed by atoms with Gasteiger partial charge >= 0.3 is 18.2 Å². The van der Waals surface area contributed by atoms with Crippen molar-refractivity contribution in [3.05, 3.63) is 35.4 Å². The number of hydrogen-bond acceptors (Lipinski definition) is 4. The molecule has 1 rings (SSSR count). The minimum atomic E-state index is -4.60. The van der Waals surface area contributed by atoms with Crippen LogP contribution in [0.4, 0.5) is 18.0 Å². The van der Waals surface area contributed by atoms with E-state index in [-0.39, 0.29) is 12.1 Å². The van der Waals surface area contributed by atoms with Gasteiger partial charge in [-0.2, -0.15) is 13.2 Å². The van der Waals surface area contributed by atoms with Crippen molar-refractivity contribution in [2.75, 3.05) is 6.54 Å². The molecule has 0 aliphatic heterocycles. The Labute approximate surface area is 130 Å². The molecule has 23 heavy (non-hydrogen) atoms. The summed E-state index contributed by atoms with van der Waals surface area (Å²) in [6, 6.07) is 2.85. The molecule has 0 aromatic heterocycles. The lowest BCUT2D eigenvalue weighted by atomic mass is 10.1. The molecule has 0 saturated carbocycles. The third-order valence-electron chi connectivity index (χ3n) is 2.65. The molecule has 9 heteroatoms. The quantitative estimate of drug-likeness (QED) is 0.827. The van der Waals surface area contributed by atoms with E-state index in [9.17, 15) is 27.6 Å². The van der Waals surface area contributed by atoms with Crippen LogP contribution < -0.4 is 10.6 Å². The predicted molar refractivity (Wildman–Crippen MR) is 73.5 cm³/mol. The van der Waals surface area contributed by atoms with Gasteiger partial charge in [-0.25, -0.2) is 9.59 Å². The summed E-state index contributed by atoms with van der Waals surface area (Å²) in [6.45, 7) is 3.12. The van der Waals surface area contributed by atoms with Crippen molar-refractivity contribution in [2.45, 2.75) is 26.1 Å². The van der Waals surface area contributed by atoms with Gasteiger partial charge in [0.25, 0.3) is 5.91 Å². The molecule has 126 valence electrons. The number of nitrogens with one attached hydrogen (secondary N) is 2. The first kappa shape index (κ1) is 18.5. The van der Waals surface area contributed by atoms with E-state index in [1.165, 1.54) is 6.92 Å². The van der Waals surface area contributed by atoms with Crippen LogP contribution in [0.25, 0.3) is 0 Å². The Morgan fingerprint density at radius 2 is 1.91 bits per heavy atom. The summed E-state index contributed by atoms with van der Waals surface area (Å²) < 4.78 is 42.5. The lowest BCUT2D eigenvalue weighted by Crippen LogP contribution is -2.44. The second-order valence-corrected chi connectivity index (χ2v) is 4.47. The highest BCUT2D eigenvalue weighted by molar-refractivity contribution is 5.98. The second-order valence-electron chi connectivity index (χ2n) is 4.47. The van der Waals surface area contributed by atoms with Gasteiger partial charge in [0.2, 0.25) is 0 Å². The van der Waals surface area contributed by atoms with E-state index in [4.69, 9.17) is 4.74 Å². The van der Waals surface area contributed by atoms with Crippen molar-refractivity contribution < 1.29 is 32.3 Å². The molecule has 6 nitrogen and oxygen atoms in total. The van der Waals surface area contributed by atoms with E-state index < -0.39 is 35.8 Å². The fourth-order valence-corrected chi connectivity index (χ4v) is 1.52. The SMILES string of the molecule is CCNC(=O)NC(=O)[C@H](C)OC(=O)c1cccc(C(F)(F)F)c1. The molecule has 0 radical (unpaired) electrons. The lowest BCUT2D eigenvalue weighted by molar-refractivity contribution is -0.137. The molecule has 0 unspecified atom stereocenters. The van der Waals surface area contributed by atoms with Crippen LogP contribution in [-0.2, 0) is 15.7 Å². The van der Waals surface area contributed by atoms with Gasteiger partial charge in [0, 0.05) is 6.54 Å².